The van der Waals surface area contributed by atoms with Gasteiger partial charge in [0.15, 0.2) is 0 Å². The van der Waals surface area contributed by atoms with Crippen LogP contribution in [0.4, 0.5) is 5.69 Å². The molecule has 0 amide bonds. The van der Waals surface area contributed by atoms with Gasteiger partial charge in [0, 0.05) is 11.7 Å². The number of nitrogen functional groups attached to an aromatic ring is 1. The molecule has 1 atom stereocenters. The van der Waals surface area contributed by atoms with Crippen LogP contribution in [-0.4, -0.2) is 0 Å². The van der Waals surface area contributed by atoms with Crippen LogP contribution in [0.15, 0.2) is 24.3 Å². The van der Waals surface area contributed by atoms with E-state index in [-0.39, 0.29) is 6.04 Å². The molecule has 2 heteroatoms. The zero-order chi connectivity index (χ0) is 9.26. The van der Waals surface area contributed by atoms with Crippen molar-refractivity contribution in [2.75, 3.05) is 5.73 Å². The molecule has 1 aromatic rings. The summed E-state index contributed by atoms with van der Waals surface area (Å²) in [6.45, 7) is 0. The first-order valence-electron chi connectivity index (χ1n) is 4.87. The zero-order valence-electron chi connectivity index (χ0n) is 7.74. The zero-order valence-corrected chi connectivity index (χ0v) is 7.74. The van der Waals surface area contributed by atoms with Gasteiger partial charge in [-0.05, 0) is 24.0 Å². The summed E-state index contributed by atoms with van der Waals surface area (Å²) in [5.41, 5.74) is 13.8. The van der Waals surface area contributed by atoms with Gasteiger partial charge in [0.25, 0.3) is 0 Å². The summed E-state index contributed by atoms with van der Waals surface area (Å²) >= 11 is 0. The Morgan fingerprint density at radius 3 is 2.62 bits per heavy atom. The van der Waals surface area contributed by atoms with Gasteiger partial charge in [-0.1, -0.05) is 31.0 Å². The van der Waals surface area contributed by atoms with E-state index < -0.39 is 0 Å². The fourth-order valence-corrected chi connectivity index (χ4v) is 1.69. The van der Waals surface area contributed by atoms with Gasteiger partial charge in [-0.15, -0.1) is 0 Å². The lowest BCUT2D eigenvalue weighted by molar-refractivity contribution is 0.598. The first-order valence-corrected chi connectivity index (χ1v) is 4.87. The van der Waals surface area contributed by atoms with E-state index in [1.54, 1.807) is 0 Å². The van der Waals surface area contributed by atoms with Crippen LogP contribution in [0.1, 0.15) is 30.9 Å². The molecule has 0 radical (unpaired) electrons. The second-order valence-corrected chi connectivity index (χ2v) is 3.91. The van der Waals surface area contributed by atoms with Crippen molar-refractivity contribution >= 4 is 5.69 Å². The molecule has 2 nitrogen and oxygen atoms in total. The van der Waals surface area contributed by atoms with E-state index in [1.807, 2.05) is 24.3 Å². The average Bonchev–Trinajstić information content (AvgIpc) is 2.89. The van der Waals surface area contributed by atoms with Gasteiger partial charge < -0.3 is 11.5 Å². The molecule has 2 rings (SSSR count). The molecule has 0 spiro atoms. The largest absolute Gasteiger partial charge is 0.398 e. The number of hydrogen-bond donors (Lipinski definition) is 2. The lowest BCUT2D eigenvalue weighted by Gasteiger charge is -2.13. The topological polar surface area (TPSA) is 52.0 Å². The van der Waals surface area contributed by atoms with Crippen molar-refractivity contribution in [1.29, 1.82) is 0 Å². The summed E-state index contributed by atoms with van der Waals surface area (Å²) in [5, 5.41) is 0. The minimum Gasteiger partial charge on any atom is -0.398 e. The van der Waals surface area contributed by atoms with E-state index in [4.69, 9.17) is 11.5 Å². The molecule has 1 aromatic carbocycles. The Morgan fingerprint density at radius 2 is 2.00 bits per heavy atom. The molecular weight excluding hydrogens is 160 g/mol. The molecule has 0 bridgehead atoms. The molecule has 0 saturated heterocycles. The number of para-hydroxylation sites is 1. The summed E-state index contributed by atoms with van der Waals surface area (Å²) in [7, 11) is 0. The highest BCUT2D eigenvalue weighted by Gasteiger charge is 2.24. The van der Waals surface area contributed by atoms with Crippen LogP contribution in [0.3, 0.4) is 0 Å². The van der Waals surface area contributed by atoms with Crippen molar-refractivity contribution in [3.05, 3.63) is 29.8 Å². The Kier molecular flexibility index (Phi) is 2.23. The smallest absolute Gasteiger partial charge is 0.0362 e. The van der Waals surface area contributed by atoms with Gasteiger partial charge in [0.1, 0.15) is 0 Å². The monoisotopic (exact) mass is 176 g/mol. The Hall–Kier alpha value is -1.02. The first kappa shape index (κ1) is 8.57. The van der Waals surface area contributed by atoms with Crippen molar-refractivity contribution in [2.45, 2.75) is 25.3 Å². The summed E-state index contributed by atoms with van der Waals surface area (Å²) < 4.78 is 0. The molecule has 0 unspecified atom stereocenters. The van der Waals surface area contributed by atoms with Crippen LogP contribution in [0.25, 0.3) is 0 Å². The van der Waals surface area contributed by atoms with E-state index in [9.17, 15) is 0 Å². The lowest BCUT2D eigenvalue weighted by atomic mass is 10.0. The van der Waals surface area contributed by atoms with E-state index in [2.05, 4.69) is 0 Å². The average molecular weight is 176 g/mol. The van der Waals surface area contributed by atoms with E-state index in [0.717, 1.165) is 23.6 Å². The molecule has 0 aliphatic heterocycles. The predicted octanol–water partition coefficient (Wildman–Crippen LogP) is 2.07. The normalized spacial score (nSPS) is 18.5. The van der Waals surface area contributed by atoms with Crippen LogP contribution in [0, 0.1) is 5.92 Å². The van der Waals surface area contributed by atoms with Crippen LogP contribution in [0.5, 0.6) is 0 Å². The summed E-state index contributed by atoms with van der Waals surface area (Å²) in [6, 6.07) is 8.03. The molecule has 13 heavy (non-hydrogen) atoms. The highest BCUT2D eigenvalue weighted by molar-refractivity contribution is 5.48. The number of hydrogen-bond acceptors (Lipinski definition) is 2. The number of anilines is 1. The first-order chi connectivity index (χ1) is 6.27. The molecule has 0 heterocycles. The van der Waals surface area contributed by atoms with E-state index >= 15 is 0 Å². The summed E-state index contributed by atoms with van der Waals surface area (Å²) in [6.07, 6.45) is 3.79. The van der Waals surface area contributed by atoms with Crippen molar-refractivity contribution in [2.24, 2.45) is 11.7 Å². The molecule has 70 valence electrons. The highest BCUT2D eigenvalue weighted by atomic mass is 14.7. The quantitative estimate of drug-likeness (QED) is 0.693. The summed E-state index contributed by atoms with van der Waals surface area (Å²) in [5.74, 6) is 0.856. The predicted molar refractivity (Wildman–Crippen MR) is 55.1 cm³/mol. The third-order valence-corrected chi connectivity index (χ3v) is 2.68. The van der Waals surface area contributed by atoms with Crippen LogP contribution >= 0.6 is 0 Å². The second kappa shape index (κ2) is 3.38. The molecule has 1 fully saturated rings. The highest BCUT2D eigenvalue weighted by Crippen LogP contribution is 2.37. The maximum atomic E-state index is 6.06. The molecule has 1 saturated carbocycles. The number of benzene rings is 1. The third kappa shape index (κ3) is 2.01. The van der Waals surface area contributed by atoms with Gasteiger partial charge in [-0.25, -0.2) is 0 Å². The van der Waals surface area contributed by atoms with Crippen LogP contribution in [-0.2, 0) is 0 Å². The van der Waals surface area contributed by atoms with Gasteiger partial charge in [-0.2, -0.15) is 0 Å². The molecule has 1 aliphatic carbocycles. The Labute approximate surface area is 78.9 Å². The molecule has 0 aromatic heterocycles. The summed E-state index contributed by atoms with van der Waals surface area (Å²) in [4.78, 5) is 0. The van der Waals surface area contributed by atoms with Gasteiger partial charge in [0.2, 0.25) is 0 Å². The Balaban J connectivity index is 2.09. The fraction of sp³-hybridized carbons (Fsp3) is 0.455. The fourth-order valence-electron chi connectivity index (χ4n) is 1.69. The van der Waals surface area contributed by atoms with Gasteiger partial charge >= 0.3 is 0 Å². The Morgan fingerprint density at radius 1 is 1.31 bits per heavy atom. The van der Waals surface area contributed by atoms with Crippen LogP contribution in [0.2, 0.25) is 0 Å². The van der Waals surface area contributed by atoms with Crippen LogP contribution < -0.4 is 11.5 Å². The lowest BCUT2D eigenvalue weighted by Crippen LogP contribution is -2.12. The maximum Gasteiger partial charge on any atom is 0.0362 e. The van der Waals surface area contributed by atoms with Crippen molar-refractivity contribution in [3.63, 3.8) is 0 Å². The van der Waals surface area contributed by atoms with Crippen molar-refractivity contribution in [3.8, 4) is 0 Å². The van der Waals surface area contributed by atoms with Crippen molar-refractivity contribution in [1.82, 2.24) is 0 Å². The van der Waals surface area contributed by atoms with Crippen molar-refractivity contribution < 1.29 is 0 Å². The van der Waals surface area contributed by atoms with E-state index in [0.29, 0.717) is 0 Å². The van der Waals surface area contributed by atoms with Gasteiger partial charge in [0.05, 0.1) is 0 Å². The molecule has 4 N–H and O–H groups in total. The number of rotatable bonds is 3. The minimum absolute atomic E-state index is 0.133. The molecule has 1 aliphatic rings. The maximum absolute atomic E-state index is 6.06. The number of nitrogens with two attached hydrogens (primary N) is 2. The van der Waals surface area contributed by atoms with Gasteiger partial charge in [-0.3, -0.25) is 0 Å². The minimum atomic E-state index is 0.133. The third-order valence-electron chi connectivity index (χ3n) is 2.68. The SMILES string of the molecule is Nc1ccccc1[C@H](N)CC1CC1. The molecular formula is C11H16N2. The standard InChI is InChI=1S/C11H16N2/c12-10-4-2-1-3-9(10)11(13)7-8-5-6-8/h1-4,8,11H,5-7,12-13H2/t11-/m1/s1. The second-order valence-electron chi connectivity index (χ2n) is 3.91. The van der Waals surface area contributed by atoms with E-state index in [1.165, 1.54) is 12.8 Å². The Bertz CT molecular complexity index is 292.